The van der Waals surface area contributed by atoms with Gasteiger partial charge in [-0.2, -0.15) is 24.6 Å². The van der Waals surface area contributed by atoms with Gasteiger partial charge in [-0.1, -0.05) is 45.9 Å². The van der Waals surface area contributed by atoms with E-state index in [1.54, 1.807) is 0 Å². The molecule has 1 aromatic heterocycles. The summed E-state index contributed by atoms with van der Waals surface area (Å²) in [5.74, 6) is 2.89. The number of fused-ring (bicyclic) bond motifs is 2. The first-order valence-corrected chi connectivity index (χ1v) is 23.4. The Morgan fingerprint density at radius 3 is 2.00 bits per heavy atom. The van der Waals surface area contributed by atoms with Gasteiger partial charge in [-0.15, -0.1) is 0 Å². The van der Waals surface area contributed by atoms with Crippen molar-refractivity contribution in [3.05, 3.63) is 105 Å². The van der Waals surface area contributed by atoms with Gasteiger partial charge in [0.15, 0.2) is 0 Å². The molecule has 0 saturated heterocycles. The molecule has 1 N–H and O–H groups in total. The van der Waals surface area contributed by atoms with Crippen molar-refractivity contribution in [1.29, 1.82) is 0 Å². The van der Waals surface area contributed by atoms with Crippen molar-refractivity contribution in [3.8, 4) is 5.75 Å². The molecule has 7 aliphatic carbocycles. The van der Waals surface area contributed by atoms with Crippen molar-refractivity contribution in [2.24, 2.45) is 33.1 Å². The molecule has 0 spiro atoms. The van der Waals surface area contributed by atoms with E-state index in [0.29, 0.717) is 17.5 Å². The monoisotopic (exact) mass is 849 g/mol. The molecule has 0 aliphatic heterocycles. The van der Waals surface area contributed by atoms with Crippen LogP contribution in [0.15, 0.2) is 69.2 Å². The Morgan fingerprint density at radius 2 is 1.41 bits per heavy atom. The maximum Gasteiger partial charge on any atom is 0.419 e. The first-order valence-electron chi connectivity index (χ1n) is 21.4. The van der Waals surface area contributed by atoms with Crippen LogP contribution in [0.25, 0.3) is 5.57 Å². The van der Waals surface area contributed by atoms with Gasteiger partial charge in [0.25, 0.3) is 0 Å². The first kappa shape index (κ1) is 41.3. The Kier molecular flexibility index (Phi) is 12.4. The number of benzene rings is 2. The molecule has 10 rings (SSSR count). The van der Waals surface area contributed by atoms with Crippen molar-refractivity contribution in [2.75, 3.05) is 0 Å². The van der Waals surface area contributed by atoms with Crippen molar-refractivity contribution >= 4 is 9.97 Å². The summed E-state index contributed by atoms with van der Waals surface area (Å²) in [7, 11) is 0. The predicted octanol–water partition coefficient (Wildman–Crippen LogP) is 13.1. The molecular formula is C49H62F3MoN2O-. The SMILES string of the molecule is CC(C)([CH]=[Mo]=[N]C12CC3CC(CC(C3)C1)C2)c1ccccc1.CC1C(c2c(O)c(C(F)(F)F)cc3c2CCCC3)=C2CCCCC2=C[C@@H]1C.Cc1ccc(C)[n-]1. The van der Waals surface area contributed by atoms with Crippen molar-refractivity contribution in [1.82, 2.24) is 4.98 Å². The summed E-state index contributed by atoms with van der Waals surface area (Å²) in [5.41, 5.74) is 9.12. The van der Waals surface area contributed by atoms with Gasteiger partial charge in [0.1, 0.15) is 5.75 Å². The number of hydrogen-bond acceptors (Lipinski definition) is 2. The minimum Gasteiger partial charge on any atom is -0.665 e. The summed E-state index contributed by atoms with van der Waals surface area (Å²) in [6.07, 6.45) is 14.0. The van der Waals surface area contributed by atoms with Crippen LogP contribution in [-0.2, 0) is 42.4 Å². The largest absolute Gasteiger partial charge is 0.665 e. The van der Waals surface area contributed by atoms with E-state index in [2.05, 4.69) is 73.5 Å². The summed E-state index contributed by atoms with van der Waals surface area (Å²) in [6.45, 7) is 12.9. The van der Waals surface area contributed by atoms with Crippen LogP contribution in [0.5, 0.6) is 5.75 Å². The zero-order chi connectivity index (χ0) is 39.8. The van der Waals surface area contributed by atoms with Gasteiger partial charge in [0.2, 0.25) is 0 Å². The van der Waals surface area contributed by atoms with E-state index < -0.39 is 17.5 Å². The average molecular weight is 848 g/mol. The number of aromatic hydroxyl groups is 1. The smallest absolute Gasteiger partial charge is 0.419 e. The second kappa shape index (κ2) is 16.8. The van der Waals surface area contributed by atoms with Gasteiger partial charge in [-0.05, 0) is 97.1 Å². The number of hydrogen-bond donors (Lipinski definition) is 1. The van der Waals surface area contributed by atoms with Crippen LogP contribution in [0.3, 0.4) is 0 Å². The number of nitrogens with zero attached hydrogens (tertiary/aromatic N) is 2. The summed E-state index contributed by atoms with van der Waals surface area (Å²) in [5, 5.41) is 10.9. The molecule has 302 valence electrons. The normalized spacial score (nSPS) is 27.8. The van der Waals surface area contributed by atoms with Gasteiger partial charge in [0.05, 0.1) is 5.56 Å². The molecule has 2 aromatic carbocycles. The number of allylic oxidation sites excluding steroid dienone is 4. The summed E-state index contributed by atoms with van der Waals surface area (Å²) < 4.78 is 49.0. The van der Waals surface area contributed by atoms with Gasteiger partial charge in [-0.25, -0.2) is 0 Å². The third-order valence-corrected chi connectivity index (χ3v) is 16.7. The van der Waals surface area contributed by atoms with Gasteiger partial charge >= 0.3 is 149 Å². The number of alkyl halides is 3. The Balaban J connectivity index is 0.000000148. The van der Waals surface area contributed by atoms with Crippen LogP contribution in [0.1, 0.15) is 144 Å². The molecular weight excluding hydrogens is 785 g/mol. The number of halogens is 3. The van der Waals surface area contributed by atoms with Crippen LogP contribution in [0.2, 0.25) is 0 Å². The Morgan fingerprint density at radius 1 is 0.821 bits per heavy atom. The first-order chi connectivity index (χ1) is 26.6. The molecule has 0 radical (unpaired) electrons. The second-order valence-corrected chi connectivity index (χ2v) is 20.2. The van der Waals surface area contributed by atoms with Crippen LogP contribution in [-0.4, -0.2) is 15.0 Å². The number of aryl methyl sites for hydroxylation is 3. The van der Waals surface area contributed by atoms with Gasteiger partial charge in [0, 0.05) is 5.56 Å². The Hall–Kier alpha value is -2.85. The van der Waals surface area contributed by atoms with E-state index in [0.717, 1.165) is 90.8 Å². The quantitative estimate of drug-likeness (QED) is 0.266. The molecule has 3 nitrogen and oxygen atoms in total. The van der Waals surface area contributed by atoms with Gasteiger partial charge in [-0.3, -0.25) is 0 Å². The maximum atomic E-state index is 13.7. The number of aromatic nitrogens is 1. The summed E-state index contributed by atoms with van der Waals surface area (Å²) >= 11 is -0.353. The molecule has 5 fully saturated rings. The van der Waals surface area contributed by atoms with Crippen LogP contribution >= 0.6 is 0 Å². The van der Waals surface area contributed by atoms with E-state index in [-0.39, 0.29) is 35.2 Å². The van der Waals surface area contributed by atoms with Crippen LogP contribution in [0, 0.1) is 43.4 Å². The fourth-order valence-corrected chi connectivity index (χ4v) is 13.4. The third-order valence-electron chi connectivity index (χ3n) is 13.8. The molecule has 7 heteroatoms. The molecule has 3 aromatic rings. The molecule has 7 aliphatic rings. The van der Waals surface area contributed by atoms with Crippen molar-refractivity contribution < 1.29 is 36.2 Å². The Bertz CT molecular complexity index is 1960. The molecule has 2 atom stereocenters. The van der Waals surface area contributed by atoms with E-state index in [9.17, 15) is 18.3 Å². The fraction of sp³-hybridized carbons (Fsp3) is 0.571. The van der Waals surface area contributed by atoms with Gasteiger partial charge < -0.3 is 10.1 Å². The summed E-state index contributed by atoms with van der Waals surface area (Å²) in [4.78, 5) is 4.11. The summed E-state index contributed by atoms with van der Waals surface area (Å²) in [6, 6.07) is 16.2. The number of rotatable bonds is 4. The minimum atomic E-state index is -4.54. The van der Waals surface area contributed by atoms with E-state index in [1.165, 1.54) is 61.3 Å². The molecule has 5 saturated carbocycles. The predicted molar refractivity (Wildman–Crippen MR) is 220 cm³/mol. The second-order valence-electron chi connectivity index (χ2n) is 18.7. The number of phenolic OH excluding ortho intramolecular Hbond substituents is 1. The zero-order valence-corrected chi connectivity index (χ0v) is 36.5. The topological polar surface area (TPSA) is 46.7 Å². The van der Waals surface area contributed by atoms with E-state index in [1.807, 2.05) is 26.0 Å². The third kappa shape index (κ3) is 9.06. The van der Waals surface area contributed by atoms with Crippen molar-refractivity contribution in [3.63, 3.8) is 0 Å². The van der Waals surface area contributed by atoms with E-state index in [4.69, 9.17) is 3.50 Å². The fourth-order valence-electron chi connectivity index (χ4n) is 11.2. The van der Waals surface area contributed by atoms with Crippen LogP contribution in [0.4, 0.5) is 13.2 Å². The molecule has 4 bridgehead atoms. The maximum absolute atomic E-state index is 13.7. The zero-order valence-electron chi connectivity index (χ0n) is 34.4. The molecule has 56 heavy (non-hydrogen) atoms. The standard InChI is InChI=1S/C23H27F3O.C10H15N.C10H12.C6H8N.Mo/c1-13-11-15-7-3-5-9-17(15)20(14(13)2)21-18-10-6-4-8-16(18)12-19(22(21)27)23(24,25)26;11-10-4-7-1-8(5-10)3-9(2-7)6-10;1-10(2,3)9-7-5-4-6-8-9;1-5-3-4-6(2)7-5;/h11-14,27H,3-10H2,1-2H3;7-9H,1-6H2;1,4-8H,2-3H3;3-4H,1-2H3;/q;;;-1;/t13-,14?;;;;/m0..../s1. The number of phenols is 1. The van der Waals surface area contributed by atoms with Crippen LogP contribution < -0.4 is 4.98 Å². The minimum absolute atomic E-state index is 0.113. The Labute approximate surface area is 342 Å². The van der Waals surface area contributed by atoms with E-state index >= 15 is 0 Å². The molecule has 1 heterocycles. The molecule has 1 unspecified atom stereocenters. The molecule has 0 amide bonds. The average Bonchev–Trinajstić information content (AvgIpc) is 3.54. The van der Waals surface area contributed by atoms with Crippen molar-refractivity contribution in [2.45, 2.75) is 149 Å².